The molecule has 0 heterocycles. The molecule has 0 aromatic carbocycles. The van der Waals surface area contributed by atoms with E-state index in [0.717, 1.165) is 103 Å². The Kier molecular flexibility index (Phi) is 47.6. The van der Waals surface area contributed by atoms with Gasteiger partial charge in [-0.1, -0.05) is 202 Å². The first kappa shape index (κ1) is 64.7. The summed E-state index contributed by atoms with van der Waals surface area (Å²) in [4.78, 5) is 48.3. The standard InChI is InChI=1S/C56H95O11P/c1-4-7-10-13-16-19-22-24-25-26-27-29-32-35-38-41-44-47-56(60)67-53(49-63-54(58)45-42-39-36-33-30-21-18-15-12-9-6-3)51-65-68(61,62)64-50-52(48-57)66-55(59)46-43-40-37-34-31-28-23-20-17-14-11-8-5-2/h7-8,10-11,16-17,19-20,24-25,28,31,37,40,52-53,57H,4-6,9,12-15,18,21-23,26-27,29-30,32-36,38-39,41-51H2,1-3H3,(H,61,62)/b10-7-,11-8-,19-16-,20-17-,25-24-,31-28-,40-37-. The minimum Gasteiger partial charge on any atom is -0.462 e. The number of unbranched alkanes of at least 4 members (excludes halogenated alkanes) is 17. The molecule has 0 saturated heterocycles. The Labute approximate surface area is 413 Å². The van der Waals surface area contributed by atoms with E-state index < -0.39 is 57.8 Å². The van der Waals surface area contributed by atoms with Crippen LogP contribution in [0.2, 0.25) is 0 Å². The first-order chi connectivity index (χ1) is 33.2. The molecule has 0 aliphatic rings. The second kappa shape index (κ2) is 50.1. The van der Waals surface area contributed by atoms with Gasteiger partial charge in [-0.15, -0.1) is 0 Å². The van der Waals surface area contributed by atoms with E-state index >= 15 is 0 Å². The highest BCUT2D eigenvalue weighted by molar-refractivity contribution is 7.47. The van der Waals surface area contributed by atoms with E-state index in [1.165, 1.54) is 51.4 Å². The lowest BCUT2D eigenvalue weighted by Gasteiger charge is -2.21. The molecule has 3 atom stereocenters. The summed E-state index contributed by atoms with van der Waals surface area (Å²) in [5.41, 5.74) is 0. The van der Waals surface area contributed by atoms with Crippen molar-refractivity contribution < 1.29 is 52.2 Å². The number of hydrogen-bond donors (Lipinski definition) is 2. The number of allylic oxidation sites excluding steroid dienone is 14. The third-order valence-electron chi connectivity index (χ3n) is 10.8. The van der Waals surface area contributed by atoms with E-state index in [1.807, 2.05) is 18.2 Å². The fraction of sp³-hybridized carbons (Fsp3) is 0.696. The molecule has 2 N–H and O–H groups in total. The average molecular weight is 975 g/mol. The van der Waals surface area contributed by atoms with Gasteiger partial charge in [0.1, 0.15) is 12.7 Å². The van der Waals surface area contributed by atoms with Gasteiger partial charge in [-0.05, 0) is 77.0 Å². The van der Waals surface area contributed by atoms with Gasteiger partial charge in [-0.25, -0.2) is 4.57 Å². The van der Waals surface area contributed by atoms with Gasteiger partial charge in [-0.2, -0.15) is 0 Å². The van der Waals surface area contributed by atoms with Crippen LogP contribution in [0, 0.1) is 0 Å². The third-order valence-corrected chi connectivity index (χ3v) is 11.8. The summed E-state index contributed by atoms with van der Waals surface area (Å²) in [6, 6.07) is 0. The first-order valence-corrected chi connectivity index (χ1v) is 28.0. The Morgan fingerprint density at radius 1 is 0.426 bits per heavy atom. The van der Waals surface area contributed by atoms with Crippen molar-refractivity contribution >= 4 is 25.7 Å². The van der Waals surface area contributed by atoms with Gasteiger partial charge in [0, 0.05) is 19.3 Å². The van der Waals surface area contributed by atoms with Crippen molar-refractivity contribution in [1.82, 2.24) is 0 Å². The van der Waals surface area contributed by atoms with Gasteiger partial charge < -0.3 is 24.2 Å². The van der Waals surface area contributed by atoms with Gasteiger partial charge >= 0.3 is 25.7 Å². The number of phosphoric ester groups is 1. The molecule has 0 aliphatic carbocycles. The molecule has 0 spiro atoms. The molecule has 12 heteroatoms. The van der Waals surface area contributed by atoms with E-state index in [2.05, 4.69) is 87.6 Å². The molecular formula is C56H95O11P. The summed E-state index contributed by atoms with van der Waals surface area (Å²) in [6.45, 7) is 4.30. The third kappa shape index (κ3) is 47.7. The number of carbonyl (C=O) groups excluding carboxylic acids is 3. The summed E-state index contributed by atoms with van der Waals surface area (Å²) in [5, 5.41) is 9.76. The van der Waals surface area contributed by atoms with Crippen molar-refractivity contribution in [2.75, 3.05) is 26.4 Å². The summed E-state index contributed by atoms with van der Waals surface area (Å²) >= 11 is 0. The quantitative estimate of drug-likeness (QED) is 0.0197. The molecule has 68 heavy (non-hydrogen) atoms. The highest BCUT2D eigenvalue weighted by atomic mass is 31.2. The summed E-state index contributed by atoms with van der Waals surface area (Å²) in [6.07, 6.45) is 55.7. The van der Waals surface area contributed by atoms with Crippen molar-refractivity contribution in [2.45, 2.75) is 226 Å². The summed E-state index contributed by atoms with van der Waals surface area (Å²) in [7, 11) is -4.76. The number of aliphatic hydroxyl groups excluding tert-OH is 1. The lowest BCUT2D eigenvalue weighted by atomic mass is 10.1. The zero-order chi connectivity index (χ0) is 49.9. The fourth-order valence-electron chi connectivity index (χ4n) is 6.85. The zero-order valence-electron chi connectivity index (χ0n) is 42.8. The van der Waals surface area contributed by atoms with Gasteiger partial charge in [-0.3, -0.25) is 23.4 Å². The topological polar surface area (TPSA) is 155 Å². The molecule has 11 nitrogen and oxygen atoms in total. The van der Waals surface area contributed by atoms with Crippen molar-refractivity contribution in [1.29, 1.82) is 0 Å². The smallest absolute Gasteiger partial charge is 0.462 e. The summed E-state index contributed by atoms with van der Waals surface area (Å²) in [5.74, 6) is -1.57. The van der Waals surface area contributed by atoms with Crippen molar-refractivity contribution in [3.63, 3.8) is 0 Å². The fourth-order valence-corrected chi connectivity index (χ4v) is 7.64. The highest BCUT2D eigenvalue weighted by Crippen LogP contribution is 2.43. The second-order valence-electron chi connectivity index (χ2n) is 17.3. The average Bonchev–Trinajstić information content (AvgIpc) is 3.32. The van der Waals surface area contributed by atoms with Crippen molar-refractivity contribution in [3.8, 4) is 0 Å². The molecule has 0 fully saturated rings. The monoisotopic (exact) mass is 975 g/mol. The number of ether oxygens (including phenoxy) is 3. The molecular weight excluding hydrogens is 880 g/mol. The normalized spacial score (nSPS) is 14.1. The van der Waals surface area contributed by atoms with Crippen LogP contribution >= 0.6 is 7.82 Å². The van der Waals surface area contributed by atoms with Crippen molar-refractivity contribution in [2.24, 2.45) is 0 Å². The number of phosphoric acid groups is 1. The maximum absolute atomic E-state index is 12.9. The number of rotatable bonds is 48. The molecule has 0 aliphatic heterocycles. The number of hydrogen-bond acceptors (Lipinski definition) is 10. The Balaban J connectivity index is 4.80. The van der Waals surface area contributed by atoms with E-state index in [0.29, 0.717) is 19.3 Å². The van der Waals surface area contributed by atoms with E-state index in [9.17, 15) is 28.9 Å². The molecule has 0 aromatic heterocycles. The van der Waals surface area contributed by atoms with Crippen LogP contribution in [-0.2, 0) is 42.2 Å². The molecule has 0 radical (unpaired) electrons. The van der Waals surface area contributed by atoms with Gasteiger partial charge in [0.25, 0.3) is 0 Å². The second-order valence-corrected chi connectivity index (χ2v) is 18.7. The maximum Gasteiger partial charge on any atom is 0.472 e. The molecule has 0 aromatic rings. The predicted molar refractivity (Wildman–Crippen MR) is 279 cm³/mol. The minimum atomic E-state index is -4.76. The van der Waals surface area contributed by atoms with E-state index in [-0.39, 0.29) is 25.9 Å². The molecule has 0 rings (SSSR count). The predicted octanol–water partition coefficient (Wildman–Crippen LogP) is 15.1. The number of aliphatic hydroxyl groups is 1. The SMILES string of the molecule is CC/C=C\C/C=C\C/C=C\C/C=C\CCC(=O)OC(CO)COP(=O)(O)OCC(COC(=O)CCCCCCCCCCCCC)OC(=O)CCCCCCCCC/C=C\C/C=C\C/C=C\CC. The molecule has 0 saturated carbocycles. The zero-order valence-corrected chi connectivity index (χ0v) is 43.7. The van der Waals surface area contributed by atoms with Crippen LogP contribution in [0.5, 0.6) is 0 Å². The van der Waals surface area contributed by atoms with Crippen LogP contribution in [-0.4, -0.2) is 66.5 Å². The molecule has 3 unspecified atom stereocenters. The van der Waals surface area contributed by atoms with Crippen LogP contribution < -0.4 is 0 Å². The minimum absolute atomic E-state index is 0.0533. The van der Waals surface area contributed by atoms with Crippen LogP contribution in [0.25, 0.3) is 0 Å². The maximum atomic E-state index is 12.9. The van der Waals surface area contributed by atoms with Crippen LogP contribution in [0.1, 0.15) is 213 Å². The van der Waals surface area contributed by atoms with Gasteiger partial charge in [0.2, 0.25) is 0 Å². The van der Waals surface area contributed by atoms with Crippen LogP contribution in [0.3, 0.4) is 0 Å². The van der Waals surface area contributed by atoms with Crippen LogP contribution in [0.4, 0.5) is 0 Å². The Bertz CT molecular complexity index is 1460. The van der Waals surface area contributed by atoms with Crippen LogP contribution in [0.15, 0.2) is 85.1 Å². The first-order valence-electron chi connectivity index (χ1n) is 26.5. The molecule has 0 amide bonds. The Morgan fingerprint density at radius 3 is 1.26 bits per heavy atom. The summed E-state index contributed by atoms with van der Waals surface area (Å²) < 4.78 is 39.3. The molecule has 0 bridgehead atoms. The number of carbonyl (C=O) groups is 3. The van der Waals surface area contributed by atoms with Gasteiger partial charge in [0.05, 0.1) is 19.8 Å². The lowest BCUT2D eigenvalue weighted by Crippen LogP contribution is -2.30. The van der Waals surface area contributed by atoms with Gasteiger partial charge in [0.15, 0.2) is 6.10 Å². The highest BCUT2D eigenvalue weighted by Gasteiger charge is 2.28. The Morgan fingerprint density at radius 2 is 0.794 bits per heavy atom. The van der Waals surface area contributed by atoms with E-state index in [4.69, 9.17) is 23.3 Å². The Hall–Kier alpha value is -3.34. The largest absolute Gasteiger partial charge is 0.472 e. The number of esters is 3. The molecule has 390 valence electrons. The van der Waals surface area contributed by atoms with E-state index in [1.54, 1.807) is 0 Å². The van der Waals surface area contributed by atoms with Crippen molar-refractivity contribution in [3.05, 3.63) is 85.1 Å². The lowest BCUT2D eigenvalue weighted by molar-refractivity contribution is -0.161.